The zero-order valence-corrected chi connectivity index (χ0v) is 6.05. The van der Waals surface area contributed by atoms with Crippen LogP contribution in [0.4, 0.5) is 0 Å². The van der Waals surface area contributed by atoms with Gasteiger partial charge in [-0.25, -0.2) is 0 Å². The number of rotatable bonds is 1. The van der Waals surface area contributed by atoms with Gasteiger partial charge in [-0.3, -0.25) is 0 Å². The van der Waals surface area contributed by atoms with Gasteiger partial charge in [0.2, 0.25) is 0 Å². The van der Waals surface area contributed by atoms with Crippen LogP contribution in [-0.4, -0.2) is 12.3 Å². The first-order chi connectivity index (χ1) is 2.64. The lowest BCUT2D eigenvalue weighted by molar-refractivity contribution is 1.10. The largest absolute Gasteiger partial charge is 0.0965 e. The summed E-state index contributed by atoms with van der Waals surface area (Å²) in [5.74, 6) is 0. The first kappa shape index (κ1) is 6.72. The Morgan fingerprint density at radius 1 is 1.50 bits per heavy atom. The van der Waals surface area contributed by atoms with Crippen LogP contribution in [0.2, 0.25) is 0 Å². The average Bonchev–Trinajstić information content (AvgIpc) is 1.36. The summed E-state index contributed by atoms with van der Waals surface area (Å²) < 4.78 is 0. The fourth-order valence-electron chi connectivity index (χ4n) is 0. The Hall–Kier alpha value is 0.720. The molecule has 0 bridgehead atoms. The molecule has 0 aromatic carbocycles. The molecule has 0 N–H and O–H groups in total. The van der Waals surface area contributed by atoms with Crippen LogP contribution in [0.15, 0.2) is 0 Å². The Morgan fingerprint density at radius 2 is 1.67 bits per heavy atom. The van der Waals surface area contributed by atoms with Crippen LogP contribution in [0.3, 0.4) is 0 Å². The third kappa shape index (κ3) is 2.93. The van der Waals surface area contributed by atoms with Crippen LogP contribution < -0.4 is 0 Å². The minimum atomic E-state index is -0.187. The molecule has 0 spiro atoms. The standard InChI is InChI=1S/C4H10ClP/c1-4(2)6(3)5/h4H,1-3H3. The van der Waals surface area contributed by atoms with E-state index >= 15 is 0 Å². The summed E-state index contributed by atoms with van der Waals surface area (Å²) in [6, 6.07) is 0. The van der Waals surface area contributed by atoms with E-state index in [4.69, 9.17) is 11.2 Å². The van der Waals surface area contributed by atoms with Crippen molar-refractivity contribution in [1.29, 1.82) is 0 Å². The third-order valence-corrected chi connectivity index (χ3v) is 3.31. The van der Waals surface area contributed by atoms with Gasteiger partial charge in [-0.2, -0.15) is 0 Å². The van der Waals surface area contributed by atoms with Gasteiger partial charge in [0.1, 0.15) is 0 Å². The molecule has 0 aromatic rings. The summed E-state index contributed by atoms with van der Waals surface area (Å²) in [5.41, 5.74) is 0.682. The number of halogens is 1. The predicted octanol–water partition coefficient (Wildman–Crippen LogP) is 2.66. The molecule has 0 aromatic heterocycles. The summed E-state index contributed by atoms with van der Waals surface area (Å²) in [7, 11) is -0.187. The van der Waals surface area contributed by atoms with E-state index in [1.807, 2.05) is 0 Å². The van der Waals surface area contributed by atoms with E-state index in [0.29, 0.717) is 5.66 Å². The Morgan fingerprint density at radius 3 is 1.67 bits per heavy atom. The predicted molar refractivity (Wildman–Crippen MR) is 33.8 cm³/mol. The van der Waals surface area contributed by atoms with E-state index in [1.165, 1.54) is 0 Å². The van der Waals surface area contributed by atoms with Crippen molar-refractivity contribution in [3.63, 3.8) is 0 Å². The molecule has 0 radical (unpaired) electrons. The van der Waals surface area contributed by atoms with Crippen LogP contribution in [0.25, 0.3) is 0 Å². The molecule has 1 unspecified atom stereocenters. The van der Waals surface area contributed by atoms with E-state index in [0.717, 1.165) is 0 Å². The normalized spacial score (nSPS) is 15.5. The Labute approximate surface area is 45.4 Å². The molecular formula is C4H10ClP. The average molecular weight is 125 g/mol. The van der Waals surface area contributed by atoms with Gasteiger partial charge in [0.15, 0.2) is 0 Å². The second-order valence-electron chi connectivity index (χ2n) is 1.62. The highest BCUT2D eigenvalue weighted by Gasteiger charge is 1.97. The highest BCUT2D eigenvalue weighted by molar-refractivity contribution is 7.83. The highest BCUT2D eigenvalue weighted by atomic mass is 35.7. The minimum Gasteiger partial charge on any atom is -0.0965 e. The summed E-state index contributed by atoms with van der Waals surface area (Å²) >= 11 is 5.68. The van der Waals surface area contributed by atoms with Gasteiger partial charge < -0.3 is 0 Å². The summed E-state index contributed by atoms with van der Waals surface area (Å²) in [4.78, 5) is 0. The van der Waals surface area contributed by atoms with E-state index in [-0.39, 0.29) is 7.27 Å². The Bertz CT molecular complexity index is 28.5. The number of hydrogen-bond acceptors (Lipinski definition) is 0. The van der Waals surface area contributed by atoms with Gasteiger partial charge in [-0.05, 0) is 19.6 Å². The van der Waals surface area contributed by atoms with Crippen molar-refractivity contribution in [3.05, 3.63) is 0 Å². The molecule has 0 aliphatic carbocycles. The van der Waals surface area contributed by atoms with Crippen molar-refractivity contribution in [2.45, 2.75) is 19.5 Å². The van der Waals surface area contributed by atoms with Gasteiger partial charge in [0.05, 0.1) is 0 Å². The van der Waals surface area contributed by atoms with Crippen molar-refractivity contribution in [2.24, 2.45) is 0 Å². The molecule has 0 aliphatic rings. The molecule has 0 saturated heterocycles. The van der Waals surface area contributed by atoms with Crippen molar-refractivity contribution in [1.82, 2.24) is 0 Å². The topological polar surface area (TPSA) is 0 Å². The van der Waals surface area contributed by atoms with Crippen molar-refractivity contribution >= 4 is 18.5 Å². The second kappa shape index (κ2) is 2.82. The van der Waals surface area contributed by atoms with Crippen LogP contribution in [-0.2, 0) is 0 Å². The molecule has 6 heavy (non-hydrogen) atoms. The first-order valence-corrected chi connectivity index (χ1v) is 4.79. The lowest BCUT2D eigenvalue weighted by atomic mass is 10.6. The molecule has 0 heterocycles. The summed E-state index contributed by atoms with van der Waals surface area (Å²) in [6.07, 6.45) is 0. The van der Waals surface area contributed by atoms with E-state index < -0.39 is 0 Å². The van der Waals surface area contributed by atoms with Gasteiger partial charge in [0, 0.05) is 0 Å². The van der Waals surface area contributed by atoms with Gasteiger partial charge >= 0.3 is 0 Å². The Balaban J connectivity index is 2.99. The molecule has 1 atom stereocenters. The van der Waals surface area contributed by atoms with Crippen LogP contribution >= 0.6 is 18.5 Å². The van der Waals surface area contributed by atoms with E-state index in [1.54, 1.807) is 0 Å². The van der Waals surface area contributed by atoms with Crippen LogP contribution in [0, 0.1) is 0 Å². The van der Waals surface area contributed by atoms with Crippen molar-refractivity contribution in [2.75, 3.05) is 6.66 Å². The fraction of sp³-hybridized carbons (Fsp3) is 1.00. The maximum absolute atomic E-state index is 5.68. The first-order valence-electron chi connectivity index (χ1n) is 2.03. The Kier molecular flexibility index (Phi) is 3.16. The van der Waals surface area contributed by atoms with Crippen LogP contribution in [0.5, 0.6) is 0 Å². The maximum atomic E-state index is 5.68. The summed E-state index contributed by atoms with van der Waals surface area (Å²) in [6.45, 7) is 6.35. The maximum Gasteiger partial charge on any atom is -0.0103 e. The zero-order valence-electron chi connectivity index (χ0n) is 4.40. The van der Waals surface area contributed by atoms with Crippen molar-refractivity contribution in [3.8, 4) is 0 Å². The number of hydrogen-bond donors (Lipinski definition) is 0. The van der Waals surface area contributed by atoms with E-state index in [2.05, 4.69) is 20.5 Å². The molecule has 0 amide bonds. The quantitative estimate of drug-likeness (QED) is 0.472. The minimum absolute atomic E-state index is 0.187. The van der Waals surface area contributed by atoms with Crippen LogP contribution in [0.1, 0.15) is 13.8 Å². The lowest BCUT2D eigenvalue weighted by Gasteiger charge is -2.03. The summed E-state index contributed by atoms with van der Waals surface area (Å²) in [5, 5.41) is 0. The monoisotopic (exact) mass is 124 g/mol. The SMILES string of the molecule is CC(C)P(C)Cl. The molecule has 0 rings (SSSR count). The van der Waals surface area contributed by atoms with Gasteiger partial charge in [0.25, 0.3) is 0 Å². The van der Waals surface area contributed by atoms with Crippen molar-refractivity contribution < 1.29 is 0 Å². The zero-order chi connectivity index (χ0) is 5.15. The fourth-order valence-corrected chi connectivity index (χ4v) is 0. The third-order valence-electron chi connectivity index (χ3n) is 0.712. The molecule has 0 aliphatic heterocycles. The van der Waals surface area contributed by atoms with Gasteiger partial charge in [-0.1, -0.05) is 25.1 Å². The molecule has 38 valence electrons. The van der Waals surface area contributed by atoms with Gasteiger partial charge in [-0.15, -0.1) is 0 Å². The molecule has 2 heteroatoms. The second-order valence-corrected chi connectivity index (χ2v) is 5.30. The molecule has 0 fully saturated rings. The molecule has 0 saturated carbocycles. The molecule has 0 nitrogen and oxygen atoms in total. The van der Waals surface area contributed by atoms with E-state index in [9.17, 15) is 0 Å². The molecular weight excluding hydrogens is 114 g/mol. The smallest absolute Gasteiger partial charge is 0.0103 e. The lowest BCUT2D eigenvalue weighted by Crippen LogP contribution is -1.82. The highest BCUT2D eigenvalue weighted by Crippen LogP contribution is 2.41.